The third-order valence-electron chi connectivity index (χ3n) is 4.48. The lowest BCUT2D eigenvalue weighted by atomic mass is 10.0. The van der Waals surface area contributed by atoms with E-state index in [1.165, 1.54) is 37.9 Å². The molecule has 4 nitrogen and oxygen atoms in total. The third-order valence-corrected chi connectivity index (χ3v) is 4.48. The summed E-state index contributed by atoms with van der Waals surface area (Å²) in [6, 6.07) is 12.9. The van der Waals surface area contributed by atoms with Gasteiger partial charge in [-0.25, -0.2) is 0 Å². The van der Waals surface area contributed by atoms with Gasteiger partial charge in [-0.05, 0) is 44.5 Å². The van der Waals surface area contributed by atoms with Crippen molar-refractivity contribution in [1.82, 2.24) is 15.1 Å². The summed E-state index contributed by atoms with van der Waals surface area (Å²) in [5.41, 5.74) is 3.33. The molecule has 0 aliphatic carbocycles. The van der Waals surface area contributed by atoms with E-state index < -0.39 is 0 Å². The first-order valence-corrected chi connectivity index (χ1v) is 8.00. The van der Waals surface area contributed by atoms with Crippen molar-refractivity contribution in [2.45, 2.75) is 32.2 Å². The predicted molar refractivity (Wildman–Crippen MR) is 87.9 cm³/mol. The molecule has 2 heterocycles. The lowest BCUT2D eigenvalue weighted by molar-refractivity contribution is 0.175. The number of hydrogen-bond donors (Lipinski definition) is 0. The first-order valence-electron chi connectivity index (χ1n) is 8.00. The number of aromatic nitrogens is 2. The summed E-state index contributed by atoms with van der Waals surface area (Å²) in [5.74, 6) is 0.541. The summed E-state index contributed by atoms with van der Waals surface area (Å²) in [4.78, 5) is 2.58. The van der Waals surface area contributed by atoms with Crippen molar-refractivity contribution in [3.63, 3.8) is 0 Å². The molecule has 1 aliphatic heterocycles. The molecule has 0 N–H and O–H groups in total. The van der Waals surface area contributed by atoms with Crippen LogP contribution in [0, 0.1) is 0 Å². The largest absolute Gasteiger partial charge is 0.480 e. The van der Waals surface area contributed by atoms with Crippen molar-refractivity contribution < 1.29 is 4.74 Å². The van der Waals surface area contributed by atoms with Gasteiger partial charge in [0.05, 0.1) is 12.8 Å². The van der Waals surface area contributed by atoms with Crippen molar-refractivity contribution in [3.05, 3.63) is 42.0 Å². The molecular formula is C18H23N3O. The van der Waals surface area contributed by atoms with Crippen LogP contribution in [0.2, 0.25) is 0 Å². The number of likely N-dealkylation sites (tertiary alicyclic amines) is 1. The molecule has 1 atom stereocenters. The Morgan fingerprint density at radius 1 is 0.955 bits per heavy atom. The van der Waals surface area contributed by atoms with Crippen LogP contribution in [0.15, 0.2) is 36.4 Å². The van der Waals surface area contributed by atoms with Crippen LogP contribution in [-0.4, -0.2) is 35.3 Å². The molecular weight excluding hydrogens is 274 g/mol. The minimum Gasteiger partial charge on any atom is -0.480 e. The van der Waals surface area contributed by atoms with E-state index in [4.69, 9.17) is 4.74 Å². The van der Waals surface area contributed by atoms with Crippen molar-refractivity contribution >= 4 is 0 Å². The van der Waals surface area contributed by atoms with E-state index in [9.17, 15) is 0 Å². The number of nitrogens with zero attached hydrogens (tertiary/aromatic N) is 3. The Bertz CT molecular complexity index is 589. The summed E-state index contributed by atoms with van der Waals surface area (Å²) in [6.07, 6.45) is 4.02. The molecule has 0 amide bonds. The van der Waals surface area contributed by atoms with Gasteiger partial charge in [0.15, 0.2) is 0 Å². The van der Waals surface area contributed by atoms with Crippen LogP contribution >= 0.6 is 0 Å². The van der Waals surface area contributed by atoms with Gasteiger partial charge in [-0.1, -0.05) is 30.7 Å². The van der Waals surface area contributed by atoms with Crippen LogP contribution in [0.25, 0.3) is 11.3 Å². The second-order valence-corrected chi connectivity index (χ2v) is 5.86. The average Bonchev–Trinajstić information content (AvgIpc) is 2.62. The summed E-state index contributed by atoms with van der Waals surface area (Å²) in [7, 11) is 1.60. The standard InChI is InChI=1S/C18H23N3O/c1-14(21-12-4-3-5-13-21)15-6-8-16(9-7-15)17-10-11-18(22-2)20-19-17/h6-11,14H,3-5,12-13H2,1-2H3. The maximum atomic E-state index is 5.04. The number of ether oxygens (including phenoxy) is 1. The molecule has 22 heavy (non-hydrogen) atoms. The first-order chi connectivity index (χ1) is 10.8. The molecule has 0 spiro atoms. The highest BCUT2D eigenvalue weighted by atomic mass is 16.5. The number of benzene rings is 1. The maximum absolute atomic E-state index is 5.04. The zero-order valence-electron chi connectivity index (χ0n) is 13.3. The van der Waals surface area contributed by atoms with Gasteiger partial charge in [0.2, 0.25) is 5.88 Å². The van der Waals surface area contributed by atoms with E-state index in [-0.39, 0.29) is 0 Å². The van der Waals surface area contributed by atoms with Gasteiger partial charge in [0.25, 0.3) is 0 Å². The fourth-order valence-corrected chi connectivity index (χ4v) is 3.03. The van der Waals surface area contributed by atoms with Gasteiger partial charge in [0.1, 0.15) is 0 Å². The number of methoxy groups -OCH3 is 1. The number of hydrogen-bond acceptors (Lipinski definition) is 4. The van der Waals surface area contributed by atoms with Crippen molar-refractivity contribution in [2.24, 2.45) is 0 Å². The van der Waals surface area contributed by atoms with Crippen LogP contribution in [0.3, 0.4) is 0 Å². The Morgan fingerprint density at radius 2 is 1.68 bits per heavy atom. The molecule has 2 aromatic rings. The van der Waals surface area contributed by atoms with Gasteiger partial charge in [-0.3, -0.25) is 4.90 Å². The van der Waals surface area contributed by atoms with E-state index in [1.807, 2.05) is 12.1 Å². The van der Waals surface area contributed by atoms with E-state index >= 15 is 0 Å². The van der Waals surface area contributed by atoms with E-state index in [0.29, 0.717) is 11.9 Å². The lowest BCUT2D eigenvalue weighted by Gasteiger charge is -2.32. The SMILES string of the molecule is COc1ccc(-c2ccc(C(C)N3CCCCC3)cc2)nn1. The molecule has 3 rings (SSSR count). The quantitative estimate of drug-likeness (QED) is 0.862. The molecule has 1 aromatic carbocycles. The Hall–Kier alpha value is -1.94. The zero-order valence-corrected chi connectivity index (χ0v) is 13.3. The predicted octanol–water partition coefficient (Wildman–Crippen LogP) is 3.70. The van der Waals surface area contributed by atoms with Gasteiger partial charge >= 0.3 is 0 Å². The Morgan fingerprint density at radius 3 is 2.27 bits per heavy atom. The Kier molecular flexibility index (Phi) is 4.68. The number of rotatable bonds is 4. The summed E-state index contributed by atoms with van der Waals surface area (Å²) >= 11 is 0. The molecule has 1 saturated heterocycles. The summed E-state index contributed by atoms with van der Waals surface area (Å²) in [5, 5.41) is 8.22. The lowest BCUT2D eigenvalue weighted by Crippen LogP contribution is -2.32. The smallest absolute Gasteiger partial charge is 0.233 e. The Balaban J connectivity index is 1.73. The van der Waals surface area contributed by atoms with E-state index in [2.05, 4.69) is 46.3 Å². The fraction of sp³-hybridized carbons (Fsp3) is 0.444. The van der Waals surface area contributed by atoms with Gasteiger partial charge in [0, 0.05) is 17.7 Å². The topological polar surface area (TPSA) is 38.2 Å². The van der Waals surface area contributed by atoms with E-state index in [0.717, 1.165) is 11.3 Å². The van der Waals surface area contributed by atoms with Gasteiger partial charge < -0.3 is 4.74 Å². The molecule has 1 aliphatic rings. The molecule has 0 radical (unpaired) electrons. The highest BCUT2D eigenvalue weighted by Crippen LogP contribution is 2.26. The van der Waals surface area contributed by atoms with E-state index in [1.54, 1.807) is 7.11 Å². The molecule has 1 aromatic heterocycles. The maximum Gasteiger partial charge on any atom is 0.233 e. The highest BCUT2D eigenvalue weighted by molar-refractivity contribution is 5.59. The van der Waals surface area contributed by atoms with Crippen LogP contribution in [0.4, 0.5) is 0 Å². The van der Waals surface area contributed by atoms with Crippen LogP contribution in [-0.2, 0) is 0 Å². The van der Waals surface area contributed by atoms with Crippen LogP contribution in [0.5, 0.6) is 5.88 Å². The zero-order chi connectivity index (χ0) is 15.4. The number of piperidine rings is 1. The monoisotopic (exact) mass is 297 g/mol. The minimum absolute atomic E-state index is 0.483. The van der Waals surface area contributed by atoms with Crippen LogP contribution in [0.1, 0.15) is 37.8 Å². The molecule has 116 valence electrons. The summed E-state index contributed by atoms with van der Waals surface area (Å²) in [6.45, 7) is 4.73. The minimum atomic E-state index is 0.483. The molecule has 4 heteroatoms. The third kappa shape index (κ3) is 3.28. The van der Waals surface area contributed by atoms with Crippen molar-refractivity contribution in [2.75, 3.05) is 20.2 Å². The second kappa shape index (κ2) is 6.88. The van der Waals surface area contributed by atoms with Crippen molar-refractivity contribution in [1.29, 1.82) is 0 Å². The molecule has 1 unspecified atom stereocenters. The highest BCUT2D eigenvalue weighted by Gasteiger charge is 2.18. The molecule has 0 saturated carbocycles. The average molecular weight is 297 g/mol. The fourth-order valence-electron chi connectivity index (χ4n) is 3.03. The second-order valence-electron chi connectivity index (χ2n) is 5.86. The summed E-state index contributed by atoms with van der Waals surface area (Å²) < 4.78 is 5.04. The Labute approximate surface area is 132 Å². The van der Waals surface area contributed by atoms with Crippen molar-refractivity contribution in [3.8, 4) is 17.1 Å². The molecule has 0 bridgehead atoms. The normalized spacial score (nSPS) is 17.2. The molecule has 1 fully saturated rings. The van der Waals surface area contributed by atoms with Gasteiger partial charge in [-0.15, -0.1) is 10.2 Å². The first kappa shape index (κ1) is 15.0. The van der Waals surface area contributed by atoms with Crippen LogP contribution < -0.4 is 4.74 Å². The van der Waals surface area contributed by atoms with Gasteiger partial charge in [-0.2, -0.15) is 0 Å².